The van der Waals surface area contributed by atoms with Crippen molar-refractivity contribution in [2.75, 3.05) is 24.6 Å². The van der Waals surface area contributed by atoms with Crippen molar-refractivity contribution in [1.29, 1.82) is 0 Å². The molecule has 1 heterocycles. The van der Waals surface area contributed by atoms with Gasteiger partial charge in [0.15, 0.2) is 0 Å². The van der Waals surface area contributed by atoms with Gasteiger partial charge in [0, 0.05) is 0 Å². The Labute approximate surface area is 141 Å². The molecule has 0 aromatic rings. The Morgan fingerprint density at radius 1 is 0.818 bits per heavy atom. The molecule has 126 valence electrons. The van der Waals surface area contributed by atoms with Gasteiger partial charge in [0.1, 0.15) is 0 Å². The van der Waals surface area contributed by atoms with Crippen LogP contribution in [0.3, 0.4) is 0 Å². The minimum Gasteiger partial charge on any atom is -0.317 e. The van der Waals surface area contributed by atoms with Gasteiger partial charge >= 0.3 is 0 Å². The minimum absolute atomic E-state index is 1.03. The van der Waals surface area contributed by atoms with Gasteiger partial charge in [0.05, 0.1) is 0 Å². The summed E-state index contributed by atoms with van der Waals surface area (Å²) in [6, 6.07) is 0. The number of thioether (sulfide) groups is 1. The summed E-state index contributed by atoms with van der Waals surface area (Å²) in [7, 11) is 0. The van der Waals surface area contributed by atoms with Crippen molar-refractivity contribution in [3.8, 4) is 0 Å². The lowest BCUT2D eigenvalue weighted by Gasteiger charge is -2.45. The number of hydrogen-bond donors (Lipinski definition) is 1. The molecule has 0 bridgehead atoms. The molecule has 4 aliphatic rings. The average molecular weight is 322 g/mol. The topological polar surface area (TPSA) is 12.0 Å². The van der Waals surface area contributed by atoms with Crippen molar-refractivity contribution in [3.05, 3.63) is 0 Å². The molecule has 4 rings (SSSR count). The molecule has 3 saturated carbocycles. The normalized spacial score (nSPS) is 42.3. The third-order valence-corrected chi connectivity index (χ3v) is 8.77. The maximum absolute atomic E-state index is 3.50. The van der Waals surface area contributed by atoms with Crippen LogP contribution in [0.5, 0.6) is 0 Å². The van der Waals surface area contributed by atoms with E-state index in [2.05, 4.69) is 17.1 Å². The van der Waals surface area contributed by atoms with Crippen LogP contribution in [0.1, 0.15) is 64.2 Å². The maximum atomic E-state index is 3.50. The van der Waals surface area contributed by atoms with Gasteiger partial charge in [0.2, 0.25) is 0 Å². The quantitative estimate of drug-likeness (QED) is 0.718. The first-order valence-corrected chi connectivity index (χ1v) is 11.4. The largest absolute Gasteiger partial charge is 0.317 e. The fraction of sp³-hybridized carbons (Fsp3) is 1.00. The number of piperidine rings is 1. The van der Waals surface area contributed by atoms with Crippen LogP contribution in [0.15, 0.2) is 0 Å². The minimum atomic E-state index is 1.03. The molecule has 1 aliphatic heterocycles. The van der Waals surface area contributed by atoms with Gasteiger partial charge in [-0.25, -0.2) is 0 Å². The molecule has 2 heteroatoms. The highest BCUT2D eigenvalue weighted by Crippen LogP contribution is 2.56. The van der Waals surface area contributed by atoms with Crippen LogP contribution >= 0.6 is 11.8 Å². The third kappa shape index (κ3) is 3.38. The Hall–Kier alpha value is 0.310. The Morgan fingerprint density at radius 3 is 2.45 bits per heavy atom. The van der Waals surface area contributed by atoms with Gasteiger partial charge in [-0.2, -0.15) is 11.8 Å². The number of nitrogens with one attached hydrogen (secondary N) is 1. The summed E-state index contributed by atoms with van der Waals surface area (Å²) >= 11 is 2.31. The first-order chi connectivity index (χ1) is 10.9. The van der Waals surface area contributed by atoms with Crippen molar-refractivity contribution >= 4 is 11.8 Å². The zero-order valence-electron chi connectivity index (χ0n) is 14.3. The lowest BCUT2D eigenvalue weighted by Crippen LogP contribution is -2.38. The van der Waals surface area contributed by atoms with Gasteiger partial charge in [-0.05, 0) is 111 Å². The highest BCUT2D eigenvalue weighted by Gasteiger charge is 2.47. The molecule has 4 fully saturated rings. The van der Waals surface area contributed by atoms with Gasteiger partial charge in [-0.15, -0.1) is 0 Å². The summed E-state index contributed by atoms with van der Waals surface area (Å²) in [5, 5.41) is 3.50. The van der Waals surface area contributed by atoms with Crippen molar-refractivity contribution in [1.82, 2.24) is 5.32 Å². The van der Waals surface area contributed by atoms with Crippen LogP contribution in [0.2, 0.25) is 0 Å². The van der Waals surface area contributed by atoms with E-state index in [0.717, 1.165) is 35.5 Å². The first kappa shape index (κ1) is 15.8. The second-order valence-electron chi connectivity index (χ2n) is 8.66. The standard InChI is InChI=1S/C20H35NS/c1-2-16-4-5-17-6-7-18(19(3-1)20(16)17)14-22-13-10-15-8-11-21-12-9-15/h15-21H,1-14H2. The zero-order valence-corrected chi connectivity index (χ0v) is 15.1. The van der Waals surface area contributed by atoms with Crippen molar-refractivity contribution < 1.29 is 0 Å². The molecule has 1 N–H and O–H groups in total. The van der Waals surface area contributed by atoms with E-state index in [1.807, 2.05) is 0 Å². The van der Waals surface area contributed by atoms with Crippen LogP contribution in [0, 0.1) is 35.5 Å². The van der Waals surface area contributed by atoms with Gasteiger partial charge in [0.25, 0.3) is 0 Å². The molecule has 5 unspecified atom stereocenters. The van der Waals surface area contributed by atoms with E-state index in [1.165, 1.54) is 43.9 Å². The molecule has 0 amide bonds. The van der Waals surface area contributed by atoms with E-state index in [-0.39, 0.29) is 0 Å². The molecule has 3 aliphatic carbocycles. The first-order valence-electron chi connectivity index (χ1n) is 10.2. The molecule has 5 atom stereocenters. The average Bonchev–Trinajstić information content (AvgIpc) is 2.99. The van der Waals surface area contributed by atoms with Crippen LogP contribution in [-0.4, -0.2) is 24.6 Å². The van der Waals surface area contributed by atoms with Crippen molar-refractivity contribution in [2.45, 2.75) is 64.2 Å². The smallest absolute Gasteiger partial charge is 0.00364 e. The third-order valence-electron chi connectivity index (χ3n) is 7.58. The van der Waals surface area contributed by atoms with Crippen molar-refractivity contribution in [3.63, 3.8) is 0 Å². The SMILES string of the molecule is C1CC2CCC3CCC(CSCCC4CCNCC4)C(C1)C23. The van der Waals surface area contributed by atoms with E-state index in [9.17, 15) is 0 Å². The zero-order chi connectivity index (χ0) is 14.8. The molecule has 0 spiro atoms. The lowest BCUT2D eigenvalue weighted by atomic mass is 9.61. The molecule has 0 radical (unpaired) electrons. The van der Waals surface area contributed by atoms with Crippen LogP contribution in [0.4, 0.5) is 0 Å². The van der Waals surface area contributed by atoms with Gasteiger partial charge < -0.3 is 5.32 Å². The van der Waals surface area contributed by atoms with E-state index in [1.54, 1.807) is 44.9 Å². The Bertz CT molecular complexity index is 346. The van der Waals surface area contributed by atoms with Gasteiger partial charge in [-0.1, -0.05) is 12.8 Å². The molecule has 1 saturated heterocycles. The number of hydrogen-bond acceptors (Lipinski definition) is 2. The summed E-state index contributed by atoms with van der Waals surface area (Å²) in [6.45, 7) is 2.54. The highest BCUT2D eigenvalue weighted by molar-refractivity contribution is 7.99. The molecule has 0 aromatic heterocycles. The van der Waals surface area contributed by atoms with Gasteiger partial charge in [-0.3, -0.25) is 0 Å². The van der Waals surface area contributed by atoms with Crippen LogP contribution in [0.25, 0.3) is 0 Å². The molecule has 0 aromatic carbocycles. The summed E-state index contributed by atoms with van der Waals surface area (Å²) in [4.78, 5) is 0. The van der Waals surface area contributed by atoms with E-state index in [0.29, 0.717) is 0 Å². The number of rotatable bonds is 5. The summed E-state index contributed by atoms with van der Waals surface area (Å²) in [6.07, 6.45) is 15.4. The van der Waals surface area contributed by atoms with Crippen LogP contribution < -0.4 is 5.32 Å². The highest BCUT2D eigenvalue weighted by atomic mass is 32.2. The molecular weight excluding hydrogens is 286 g/mol. The van der Waals surface area contributed by atoms with Crippen molar-refractivity contribution in [2.24, 2.45) is 35.5 Å². The summed E-state index contributed by atoms with van der Waals surface area (Å²) < 4.78 is 0. The predicted molar refractivity (Wildman–Crippen MR) is 97.3 cm³/mol. The Morgan fingerprint density at radius 2 is 1.59 bits per heavy atom. The Kier molecular flexibility index (Phi) is 5.37. The van der Waals surface area contributed by atoms with E-state index < -0.39 is 0 Å². The maximum Gasteiger partial charge on any atom is -0.00364 e. The summed E-state index contributed by atoms with van der Waals surface area (Å²) in [5.41, 5.74) is 0. The predicted octanol–water partition coefficient (Wildman–Crippen LogP) is 4.96. The Balaban J connectivity index is 1.23. The second kappa shape index (κ2) is 7.47. The van der Waals surface area contributed by atoms with E-state index in [4.69, 9.17) is 0 Å². The molecule has 22 heavy (non-hydrogen) atoms. The fourth-order valence-electron chi connectivity index (χ4n) is 6.43. The monoisotopic (exact) mass is 321 g/mol. The molecular formula is C20H35NS. The fourth-order valence-corrected chi connectivity index (χ4v) is 7.82. The second-order valence-corrected chi connectivity index (χ2v) is 9.81. The molecule has 1 nitrogen and oxygen atoms in total. The summed E-state index contributed by atoms with van der Waals surface area (Å²) in [5.74, 6) is 9.62. The van der Waals surface area contributed by atoms with E-state index >= 15 is 0 Å². The lowest BCUT2D eigenvalue weighted by molar-refractivity contribution is 0.0538. The van der Waals surface area contributed by atoms with Crippen LogP contribution in [-0.2, 0) is 0 Å².